The summed E-state index contributed by atoms with van der Waals surface area (Å²) in [4.78, 5) is 37.2. The number of rotatable bonds is 46. The maximum absolute atomic E-state index is 12.8. The molecule has 0 rings (SSSR count). The third-order valence-corrected chi connectivity index (χ3v) is 11.2. The monoisotopic (exact) mass is 921 g/mol. The van der Waals surface area contributed by atoms with Crippen molar-refractivity contribution >= 4 is 17.9 Å². The van der Waals surface area contributed by atoms with Gasteiger partial charge in [-0.25, -0.2) is 4.79 Å². The van der Waals surface area contributed by atoms with Crippen molar-refractivity contribution in [2.24, 2.45) is 0 Å². The molecular weight excluding hydrogens is 823 g/mol. The Kier molecular flexibility index (Phi) is 45.0. The minimum absolute atomic E-state index is 0.0385. The van der Waals surface area contributed by atoms with Gasteiger partial charge in [-0.2, -0.15) is 0 Å². The number of unbranched alkanes of at least 4 members (excludes halogenated alkanes) is 16. The minimum Gasteiger partial charge on any atom is -0.477 e. The summed E-state index contributed by atoms with van der Waals surface area (Å²) in [5.74, 6) is -1.53. The van der Waals surface area contributed by atoms with Gasteiger partial charge >= 0.3 is 17.9 Å². The smallest absolute Gasteiger partial charge is 0.362 e. The van der Waals surface area contributed by atoms with Gasteiger partial charge in [0.15, 0.2) is 12.1 Å². The summed E-state index contributed by atoms with van der Waals surface area (Å²) in [6.45, 7) is 4.48. The molecule has 8 nitrogen and oxygen atoms in total. The van der Waals surface area contributed by atoms with Gasteiger partial charge < -0.3 is 23.8 Å². The van der Waals surface area contributed by atoms with Gasteiger partial charge in [0.1, 0.15) is 6.61 Å². The van der Waals surface area contributed by atoms with Crippen LogP contribution < -0.4 is 0 Å². The zero-order chi connectivity index (χ0) is 48.4. The number of carbonyl (C=O) groups excluding carboxylic acids is 2. The van der Waals surface area contributed by atoms with E-state index in [2.05, 4.69) is 111 Å². The van der Waals surface area contributed by atoms with Crippen LogP contribution in [0.4, 0.5) is 0 Å². The van der Waals surface area contributed by atoms with Crippen LogP contribution >= 0.6 is 0 Å². The lowest BCUT2D eigenvalue weighted by molar-refractivity contribution is -0.887. The number of aliphatic carboxylic acids is 1. The first-order chi connectivity index (χ1) is 32.1. The van der Waals surface area contributed by atoms with Crippen LogP contribution in [0.1, 0.15) is 200 Å². The molecule has 0 heterocycles. The van der Waals surface area contributed by atoms with Crippen molar-refractivity contribution < 1.29 is 38.2 Å². The van der Waals surface area contributed by atoms with E-state index < -0.39 is 18.1 Å². The average Bonchev–Trinajstić information content (AvgIpc) is 3.28. The molecule has 0 spiro atoms. The average molecular weight is 921 g/mol. The topological polar surface area (TPSA) is 99.1 Å². The predicted octanol–water partition coefficient (Wildman–Crippen LogP) is 15.4. The fraction of sp³-hybridized carbons (Fsp3) is 0.672. The van der Waals surface area contributed by atoms with E-state index in [1.807, 2.05) is 21.1 Å². The second kappa shape index (κ2) is 47.7. The summed E-state index contributed by atoms with van der Waals surface area (Å²) in [6.07, 6.45) is 64.7. The number of hydrogen-bond acceptors (Lipinski definition) is 6. The Balaban J connectivity index is 4.31. The lowest BCUT2D eigenvalue weighted by atomic mass is 10.0. The Morgan fingerprint density at radius 1 is 0.455 bits per heavy atom. The lowest BCUT2D eigenvalue weighted by Gasteiger charge is -2.31. The molecule has 2 atom stereocenters. The SMILES string of the molecule is CC/C=C/C/C=C/C/C=C/C/C=C/C/C=C/C/C=C/CCCCC(=O)OC(COCCC(C(=O)O)[N+](C)(C)C)COC(=O)CCCCCCCCCCCCCCCC/C=C/C/C=C/CC. The van der Waals surface area contributed by atoms with Crippen molar-refractivity contribution in [1.29, 1.82) is 0 Å². The number of hydrogen-bond donors (Lipinski definition) is 1. The highest BCUT2D eigenvalue weighted by atomic mass is 16.6. The molecule has 0 aromatic carbocycles. The van der Waals surface area contributed by atoms with Crippen LogP contribution in [0.25, 0.3) is 0 Å². The lowest BCUT2D eigenvalue weighted by Crippen LogP contribution is -2.50. The van der Waals surface area contributed by atoms with E-state index >= 15 is 0 Å². The molecule has 0 amide bonds. The number of esters is 2. The van der Waals surface area contributed by atoms with E-state index in [4.69, 9.17) is 14.2 Å². The molecule has 0 saturated heterocycles. The van der Waals surface area contributed by atoms with E-state index in [9.17, 15) is 19.5 Å². The minimum atomic E-state index is -0.885. The Hall–Kier alpha value is -3.75. The number of ether oxygens (including phenoxy) is 3. The second-order valence-corrected chi connectivity index (χ2v) is 18.4. The normalized spacial score (nSPS) is 13.7. The van der Waals surface area contributed by atoms with E-state index in [1.54, 1.807) is 0 Å². The van der Waals surface area contributed by atoms with Gasteiger partial charge in [-0.3, -0.25) is 9.59 Å². The molecule has 8 heteroatoms. The first-order valence-corrected chi connectivity index (χ1v) is 26.3. The van der Waals surface area contributed by atoms with E-state index in [0.29, 0.717) is 19.3 Å². The van der Waals surface area contributed by atoms with Gasteiger partial charge in [-0.1, -0.05) is 188 Å². The first kappa shape index (κ1) is 62.2. The summed E-state index contributed by atoms with van der Waals surface area (Å²) in [5.41, 5.74) is 0. The summed E-state index contributed by atoms with van der Waals surface area (Å²) >= 11 is 0. The molecule has 0 aliphatic carbocycles. The Morgan fingerprint density at radius 2 is 0.803 bits per heavy atom. The molecule has 0 aromatic rings. The highest BCUT2D eigenvalue weighted by molar-refractivity contribution is 5.72. The van der Waals surface area contributed by atoms with E-state index in [-0.39, 0.29) is 42.7 Å². The van der Waals surface area contributed by atoms with Crippen LogP contribution in [-0.4, -0.2) is 80.6 Å². The van der Waals surface area contributed by atoms with Crippen molar-refractivity contribution in [1.82, 2.24) is 0 Å². The van der Waals surface area contributed by atoms with Crippen molar-refractivity contribution in [3.63, 3.8) is 0 Å². The van der Waals surface area contributed by atoms with Crippen molar-refractivity contribution in [2.45, 2.75) is 212 Å². The van der Waals surface area contributed by atoms with Gasteiger partial charge in [0.2, 0.25) is 0 Å². The zero-order valence-electron chi connectivity index (χ0n) is 42.9. The predicted molar refractivity (Wildman–Crippen MR) is 279 cm³/mol. The number of carboxylic acid groups (broad SMARTS) is 1. The number of nitrogens with zero attached hydrogens (tertiary/aromatic N) is 1. The van der Waals surface area contributed by atoms with Gasteiger partial charge in [0.05, 0.1) is 34.4 Å². The molecule has 0 saturated carbocycles. The quantitative estimate of drug-likeness (QED) is 0.0281. The van der Waals surface area contributed by atoms with E-state index in [1.165, 1.54) is 77.0 Å². The molecule has 0 bridgehead atoms. The van der Waals surface area contributed by atoms with Gasteiger partial charge in [-0.05, 0) is 89.9 Å². The van der Waals surface area contributed by atoms with Crippen LogP contribution in [0.15, 0.2) is 97.2 Å². The summed E-state index contributed by atoms with van der Waals surface area (Å²) in [5, 5.41) is 9.66. The molecule has 0 aliphatic heterocycles. The summed E-state index contributed by atoms with van der Waals surface area (Å²) < 4.78 is 17.3. The number of carbonyl (C=O) groups is 3. The molecule has 66 heavy (non-hydrogen) atoms. The molecule has 0 radical (unpaired) electrons. The molecule has 0 aromatic heterocycles. The molecule has 0 aliphatic rings. The van der Waals surface area contributed by atoms with Crippen LogP contribution in [0.5, 0.6) is 0 Å². The molecule has 376 valence electrons. The molecule has 1 N–H and O–H groups in total. The fourth-order valence-corrected chi connectivity index (χ4v) is 7.25. The maximum atomic E-state index is 12.8. The Bertz CT molecular complexity index is 1400. The molecular formula is C58H98NO7+. The van der Waals surface area contributed by atoms with Crippen LogP contribution in [0.3, 0.4) is 0 Å². The highest BCUT2D eigenvalue weighted by Crippen LogP contribution is 2.15. The third kappa shape index (κ3) is 45.4. The van der Waals surface area contributed by atoms with Gasteiger partial charge in [-0.15, -0.1) is 0 Å². The van der Waals surface area contributed by atoms with Crippen molar-refractivity contribution in [3.8, 4) is 0 Å². The van der Waals surface area contributed by atoms with Gasteiger partial charge in [0, 0.05) is 19.3 Å². The largest absolute Gasteiger partial charge is 0.477 e. The molecule has 0 fully saturated rings. The first-order valence-electron chi connectivity index (χ1n) is 26.3. The summed E-state index contributed by atoms with van der Waals surface area (Å²) in [7, 11) is 5.51. The standard InChI is InChI=1S/C58H97NO7/c1-6-8-10-12-14-16-18-20-22-24-26-28-30-32-34-36-38-40-42-44-46-48-56(60)65-53-54(52-64-51-50-55(58(62)63)59(3,4)5)66-57(61)49-47-45-43-41-39-37-35-33-31-29-27-25-23-21-19-17-15-13-11-9-7-2/h8-11,14-17,21,23,27,29,33,35,39,41,54-55H,6-7,12-13,18-20,22,24-26,28,30-32,34,36-38,40,42-53H2,1-5H3/p+1/b10-8+,11-9+,16-14+,17-15+,23-21+,29-27+,35-33+,41-39+. The third-order valence-electron chi connectivity index (χ3n) is 11.2. The Morgan fingerprint density at radius 3 is 1.21 bits per heavy atom. The van der Waals surface area contributed by atoms with E-state index in [0.717, 1.165) is 83.5 Å². The Labute approximate surface area is 405 Å². The fourth-order valence-electron chi connectivity index (χ4n) is 7.25. The number of allylic oxidation sites excluding steroid dienone is 16. The maximum Gasteiger partial charge on any atom is 0.362 e. The highest BCUT2D eigenvalue weighted by Gasteiger charge is 2.31. The van der Waals surface area contributed by atoms with Crippen molar-refractivity contribution in [2.75, 3.05) is 41.0 Å². The van der Waals surface area contributed by atoms with Crippen LogP contribution in [0.2, 0.25) is 0 Å². The number of quaternary nitrogens is 1. The zero-order valence-corrected chi connectivity index (χ0v) is 42.9. The van der Waals surface area contributed by atoms with Crippen LogP contribution in [-0.2, 0) is 28.6 Å². The molecule has 2 unspecified atom stereocenters. The number of likely N-dealkylation sites (N-methyl/N-ethyl adjacent to an activating group) is 1. The second-order valence-electron chi connectivity index (χ2n) is 18.4. The van der Waals surface area contributed by atoms with Crippen molar-refractivity contribution in [3.05, 3.63) is 97.2 Å². The number of carboxylic acids is 1. The van der Waals surface area contributed by atoms with Crippen LogP contribution in [0, 0.1) is 0 Å². The summed E-state index contributed by atoms with van der Waals surface area (Å²) in [6, 6.07) is -0.629. The van der Waals surface area contributed by atoms with Gasteiger partial charge in [0.25, 0.3) is 0 Å².